The highest BCUT2D eigenvalue weighted by Crippen LogP contribution is 2.26. The number of piperidine rings is 1. The Balaban J connectivity index is 0.00000144. The third-order valence-corrected chi connectivity index (χ3v) is 2.98. The SMILES string of the molecule is Cl.Cl.N[C@H]1CCN(Cc2ccccc2)CC1(F)F. The fourth-order valence-electron chi connectivity index (χ4n) is 2.00. The number of hydrogen-bond acceptors (Lipinski definition) is 2. The number of benzene rings is 1. The topological polar surface area (TPSA) is 29.3 Å². The molecule has 0 amide bonds. The molecule has 0 unspecified atom stereocenters. The molecule has 1 aromatic carbocycles. The van der Waals surface area contributed by atoms with Crippen molar-refractivity contribution in [1.82, 2.24) is 4.90 Å². The average Bonchev–Trinajstić information content (AvgIpc) is 2.25. The van der Waals surface area contributed by atoms with E-state index < -0.39 is 12.0 Å². The number of rotatable bonds is 2. The molecule has 1 atom stereocenters. The number of alkyl halides is 2. The molecule has 0 radical (unpaired) electrons. The summed E-state index contributed by atoms with van der Waals surface area (Å²) in [5.74, 6) is -2.76. The molecule has 1 aromatic rings. The molecule has 2 nitrogen and oxygen atoms in total. The van der Waals surface area contributed by atoms with Crippen LogP contribution in [-0.4, -0.2) is 30.0 Å². The van der Waals surface area contributed by atoms with E-state index in [9.17, 15) is 8.78 Å². The molecular formula is C12H18Cl2F2N2. The van der Waals surface area contributed by atoms with Crippen molar-refractivity contribution in [2.45, 2.75) is 24.9 Å². The summed E-state index contributed by atoms with van der Waals surface area (Å²) in [6, 6.07) is 8.68. The number of halogens is 4. The van der Waals surface area contributed by atoms with Crippen molar-refractivity contribution in [3.05, 3.63) is 35.9 Å². The standard InChI is InChI=1S/C12H16F2N2.2ClH/c13-12(14)9-16(7-6-11(12)15)8-10-4-2-1-3-5-10;;/h1-5,11H,6-9,15H2;2*1H/t11-;;/m0../s1. The predicted molar refractivity (Wildman–Crippen MR) is 73.8 cm³/mol. The van der Waals surface area contributed by atoms with E-state index in [1.165, 1.54) is 0 Å². The van der Waals surface area contributed by atoms with Gasteiger partial charge in [-0.15, -0.1) is 24.8 Å². The van der Waals surface area contributed by atoms with Crippen LogP contribution in [0.2, 0.25) is 0 Å². The third-order valence-electron chi connectivity index (χ3n) is 2.98. The molecule has 2 N–H and O–H groups in total. The van der Waals surface area contributed by atoms with Crippen LogP contribution in [0.5, 0.6) is 0 Å². The van der Waals surface area contributed by atoms with Gasteiger partial charge in [0, 0.05) is 13.1 Å². The highest BCUT2D eigenvalue weighted by molar-refractivity contribution is 5.85. The van der Waals surface area contributed by atoms with Gasteiger partial charge >= 0.3 is 0 Å². The van der Waals surface area contributed by atoms with E-state index in [-0.39, 0.29) is 31.4 Å². The Kier molecular flexibility index (Phi) is 7.07. The Morgan fingerprint density at radius 3 is 2.39 bits per heavy atom. The van der Waals surface area contributed by atoms with Crippen LogP contribution in [-0.2, 0) is 6.54 Å². The number of likely N-dealkylation sites (tertiary alicyclic amines) is 1. The number of hydrogen-bond donors (Lipinski definition) is 1. The second-order valence-electron chi connectivity index (χ2n) is 4.35. The molecule has 1 aliphatic rings. The summed E-state index contributed by atoms with van der Waals surface area (Å²) in [6.07, 6.45) is 0.361. The molecule has 104 valence electrons. The Labute approximate surface area is 118 Å². The van der Waals surface area contributed by atoms with Gasteiger partial charge in [-0.2, -0.15) is 0 Å². The van der Waals surface area contributed by atoms with Crippen molar-refractivity contribution in [2.24, 2.45) is 5.73 Å². The lowest BCUT2D eigenvalue weighted by atomic mass is 10.0. The predicted octanol–water partition coefficient (Wildman–Crippen LogP) is 2.70. The molecule has 2 rings (SSSR count). The van der Waals surface area contributed by atoms with Gasteiger partial charge in [0.1, 0.15) is 0 Å². The van der Waals surface area contributed by atoms with Gasteiger partial charge < -0.3 is 5.73 Å². The largest absolute Gasteiger partial charge is 0.323 e. The Morgan fingerprint density at radius 2 is 1.83 bits per heavy atom. The van der Waals surface area contributed by atoms with Gasteiger partial charge in [-0.05, 0) is 12.0 Å². The fraction of sp³-hybridized carbons (Fsp3) is 0.500. The summed E-state index contributed by atoms with van der Waals surface area (Å²) in [5, 5.41) is 0. The van der Waals surface area contributed by atoms with Crippen molar-refractivity contribution >= 4 is 24.8 Å². The van der Waals surface area contributed by atoms with Crippen molar-refractivity contribution in [3.63, 3.8) is 0 Å². The first-order chi connectivity index (χ1) is 7.58. The lowest BCUT2D eigenvalue weighted by molar-refractivity contribution is -0.0817. The van der Waals surface area contributed by atoms with Crippen LogP contribution in [0.25, 0.3) is 0 Å². The normalized spacial score (nSPS) is 22.7. The van der Waals surface area contributed by atoms with Crippen molar-refractivity contribution < 1.29 is 8.78 Å². The van der Waals surface area contributed by atoms with Crippen molar-refractivity contribution in [3.8, 4) is 0 Å². The summed E-state index contributed by atoms with van der Waals surface area (Å²) in [6.45, 7) is 0.984. The van der Waals surface area contributed by atoms with Crippen molar-refractivity contribution in [1.29, 1.82) is 0 Å². The van der Waals surface area contributed by atoms with Gasteiger partial charge in [-0.25, -0.2) is 8.78 Å². The lowest BCUT2D eigenvalue weighted by Crippen LogP contribution is -2.54. The zero-order valence-corrected chi connectivity index (χ0v) is 11.5. The summed E-state index contributed by atoms with van der Waals surface area (Å²) in [4.78, 5) is 1.76. The first-order valence-electron chi connectivity index (χ1n) is 5.47. The molecule has 6 heteroatoms. The first-order valence-corrected chi connectivity index (χ1v) is 5.47. The van der Waals surface area contributed by atoms with Gasteiger partial charge in [0.2, 0.25) is 0 Å². The van der Waals surface area contributed by atoms with E-state index in [2.05, 4.69) is 0 Å². The highest BCUT2D eigenvalue weighted by atomic mass is 35.5. The van der Waals surface area contributed by atoms with Crippen LogP contribution < -0.4 is 5.73 Å². The van der Waals surface area contributed by atoms with Gasteiger partial charge in [0.05, 0.1) is 12.6 Å². The zero-order chi connectivity index (χ0) is 11.6. The van der Waals surface area contributed by atoms with Crippen LogP contribution in [0.15, 0.2) is 30.3 Å². The van der Waals surface area contributed by atoms with E-state index in [4.69, 9.17) is 5.73 Å². The Hall–Kier alpha value is -0.420. The molecular weight excluding hydrogens is 281 g/mol. The summed E-state index contributed by atoms with van der Waals surface area (Å²) < 4.78 is 26.8. The molecule has 0 aromatic heterocycles. The van der Waals surface area contributed by atoms with Crippen LogP contribution in [0.3, 0.4) is 0 Å². The summed E-state index contributed by atoms with van der Waals surface area (Å²) in [7, 11) is 0. The van der Waals surface area contributed by atoms with Gasteiger partial charge in [-0.1, -0.05) is 30.3 Å². The average molecular weight is 299 g/mol. The Bertz CT molecular complexity index is 349. The van der Waals surface area contributed by atoms with E-state index in [1.54, 1.807) is 4.90 Å². The van der Waals surface area contributed by atoms with Crippen LogP contribution in [0, 0.1) is 0 Å². The molecule has 0 bridgehead atoms. The highest BCUT2D eigenvalue weighted by Gasteiger charge is 2.42. The molecule has 0 aliphatic carbocycles. The maximum absolute atomic E-state index is 13.4. The van der Waals surface area contributed by atoms with Gasteiger partial charge in [0.25, 0.3) is 5.92 Å². The maximum atomic E-state index is 13.4. The van der Waals surface area contributed by atoms with E-state index >= 15 is 0 Å². The van der Waals surface area contributed by atoms with E-state index in [0.29, 0.717) is 19.5 Å². The molecule has 0 spiro atoms. The summed E-state index contributed by atoms with van der Waals surface area (Å²) in [5.41, 5.74) is 6.46. The van der Waals surface area contributed by atoms with E-state index in [1.807, 2.05) is 30.3 Å². The minimum atomic E-state index is -2.76. The number of nitrogens with zero attached hydrogens (tertiary/aromatic N) is 1. The van der Waals surface area contributed by atoms with E-state index in [0.717, 1.165) is 5.56 Å². The van der Waals surface area contributed by atoms with Crippen molar-refractivity contribution in [2.75, 3.05) is 13.1 Å². The molecule has 18 heavy (non-hydrogen) atoms. The minimum Gasteiger partial charge on any atom is -0.323 e. The second-order valence-corrected chi connectivity index (χ2v) is 4.35. The molecule has 1 heterocycles. The third kappa shape index (κ3) is 4.35. The van der Waals surface area contributed by atoms with Gasteiger partial charge in [0.15, 0.2) is 0 Å². The summed E-state index contributed by atoms with van der Waals surface area (Å²) >= 11 is 0. The van der Waals surface area contributed by atoms with Crippen LogP contribution >= 0.6 is 24.8 Å². The minimum absolute atomic E-state index is 0. The molecule has 1 fully saturated rings. The molecule has 1 saturated heterocycles. The lowest BCUT2D eigenvalue weighted by Gasteiger charge is -2.36. The second kappa shape index (κ2) is 7.24. The smallest absolute Gasteiger partial charge is 0.275 e. The molecule has 1 aliphatic heterocycles. The first kappa shape index (κ1) is 17.6. The molecule has 0 saturated carbocycles. The van der Waals surface area contributed by atoms with Crippen LogP contribution in [0.1, 0.15) is 12.0 Å². The zero-order valence-electron chi connectivity index (χ0n) is 9.89. The monoisotopic (exact) mass is 298 g/mol. The fourth-order valence-corrected chi connectivity index (χ4v) is 2.00. The number of nitrogens with two attached hydrogens (primary N) is 1. The maximum Gasteiger partial charge on any atom is 0.275 e. The Morgan fingerprint density at radius 1 is 1.22 bits per heavy atom. The van der Waals surface area contributed by atoms with Gasteiger partial charge in [-0.3, -0.25) is 4.90 Å². The van der Waals surface area contributed by atoms with Crippen LogP contribution in [0.4, 0.5) is 8.78 Å². The quantitative estimate of drug-likeness (QED) is 0.910.